The van der Waals surface area contributed by atoms with Crippen molar-refractivity contribution in [3.8, 4) is 17.2 Å². The third kappa shape index (κ3) is 5.42. The topological polar surface area (TPSA) is 68.8 Å². The van der Waals surface area contributed by atoms with Gasteiger partial charge in [0.25, 0.3) is 0 Å². The molecule has 2 rings (SSSR count). The molecule has 0 bridgehead atoms. The molecule has 134 valence electrons. The van der Waals surface area contributed by atoms with Crippen molar-refractivity contribution in [1.29, 1.82) is 0 Å². The summed E-state index contributed by atoms with van der Waals surface area (Å²) in [5.74, 6) is 0.998. The molecule has 0 aliphatic heterocycles. The maximum atomic E-state index is 12.9. The van der Waals surface area contributed by atoms with Gasteiger partial charge in [0, 0.05) is 6.07 Å². The van der Waals surface area contributed by atoms with Gasteiger partial charge in [-0.15, -0.1) is 0 Å². The normalized spacial score (nSPS) is 10.1. The van der Waals surface area contributed by atoms with Gasteiger partial charge in [0.15, 0.2) is 0 Å². The van der Waals surface area contributed by atoms with Crippen molar-refractivity contribution in [1.82, 2.24) is 5.32 Å². The highest BCUT2D eigenvalue weighted by Gasteiger charge is 2.09. The van der Waals surface area contributed by atoms with E-state index in [0.717, 1.165) is 6.07 Å². The third-order valence-corrected chi connectivity index (χ3v) is 3.49. The van der Waals surface area contributed by atoms with E-state index < -0.39 is 11.8 Å². The summed E-state index contributed by atoms with van der Waals surface area (Å²) < 4.78 is 28.6. The summed E-state index contributed by atoms with van der Waals surface area (Å²) in [5.41, 5.74) is 0.474. The van der Waals surface area contributed by atoms with E-state index in [2.05, 4.69) is 10.6 Å². The second kappa shape index (κ2) is 8.98. The Hall–Kier alpha value is -2.67. The molecule has 6 nitrogen and oxygen atoms in total. The number of halogens is 2. The van der Waals surface area contributed by atoms with Crippen molar-refractivity contribution in [2.45, 2.75) is 0 Å². The van der Waals surface area contributed by atoms with Crippen LogP contribution in [0, 0.1) is 5.82 Å². The number of amides is 2. The minimum atomic E-state index is -0.443. The average molecular weight is 369 g/mol. The first-order valence-corrected chi connectivity index (χ1v) is 7.76. The van der Waals surface area contributed by atoms with E-state index in [1.54, 1.807) is 18.2 Å². The largest absolute Gasteiger partial charge is 0.497 e. The van der Waals surface area contributed by atoms with E-state index in [4.69, 9.17) is 25.8 Å². The predicted molar refractivity (Wildman–Crippen MR) is 93.5 cm³/mol. The van der Waals surface area contributed by atoms with E-state index in [0.29, 0.717) is 22.9 Å². The van der Waals surface area contributed by atoms with E-state index in [1.807, 2.05) is 0 Å². The van der Waals surface area contributed by atoms with Gasteiger partial charge in [-0.2, -0.15) is 0 Å². The number of anilines is 1. The van der Waals surface area contributed by atoms with Crippen molar-refractivity contribution in [2.24, 2.45) is 0 Å². The van der Waals surface area contributed by atoms with Crippen LogP contribution in [-0.4, -0.2) is 33.4 Å². The Morgan fingerprint density at radius 3 is 2.56 bits per heavy atom. The highest BCUT2D eigenvalue weighted by molar-refractivity contribution is 6.32. The van der Waals surface area contributed by atoms with Crippen LogP contribution in [0.3, 0.4) is 0 Å². The van der Waals surface area contributed by atoms with Crippen LogP contribution >= 0.6 is 11.6 Å². The monoisotopic (exact) mass is 368 g/mol. The standard InChI is InChI=1S/C17H18ClFN2O4/c1-23-12-4-6-16(24-2)14(10-12)21-17(22)20-7-8-25-15-5-3-11(19)9-13(15)18/h3-6,9-10H,7-8H2,1-2H3,(H2,20,21,22). The molecule has 0 atom stereocenters. The number of hydrogen-bond donors (Lipinski definition) is 2. The number of urea groups is 1. The van der Waals surface area contributed by atoms with E-state index in [9.17, 15) is 9.18 Å². The number of carbonyl (C=O) groups excluding carboxylic acids is 1. The quantitative estimate of drug-likeness (QED) is 0.731. The zero-order valence-corrected chi connectivity index (χ0v) is 14.5. The fourth-order valence-electron chi connectivity index (χ4n) is 2.00. The van der Waals surface area contributed by atoms with Crippen LogP contribution < -0.4 is 24.8 Å². The van der Waals surface area contributed by atoms with Crippen LogP contribution in [0.5, 0.6) is 17.2 Å². The minimum absolute atomic E-state index is 0.172. The first-order valence-electron chi connectivity index (χ1n) is 7.38. The smallest absolute Gasteiger partial charge is 0.319 e. The molecule has 8 heteroatoms. The predicted octanol–water partition coefficient (Wildman–Crippen LogP) is 3.70. The van der Waals surface area contributed by atoms with Crippen LogP contribution in [0.15, 0.2) is 36.4 Å². The van der Waals surface area contributed by atoms with Gasteiger partial charge in [0.1, 0.15) is 29.7 Å². The molecule has 0 fully saturated rings. The van der Waals surface area contributed by atoms with Crippen molar-refractivity contribution >= 4 is 23.3 Å². The molecule has 0 aromatic heterocycles. The molecule has 25 heavy (non-hydrogen) atoms. The second-order valence-electron chi connectivity index (χ2n) is 4.87. The molecular weight excluding hydrogens is 351 g/mol. The molecule has 2 aromatic rings. The Balaban J connectivity index is 1.83. The average Bonchev–Trinajstić information content (AvgIpc) is 2.60. The lowest BCUT2D eigenvalue weighted by atomic mass is 10.2. The van der Waals surface area contributed by atoms with Crippen LogP contribution in [0.2, 0.25) is 5.02 Å². The molecule has 0 saturated carbocycles. The summed E-state index contributed by atoms with van der Waals surface area (Å²) >= 11 is 5.85. The summed E-state index contributed by atoms with van der Waals surface area (Å²) in [6.45, 7) is 0.403. The molecular formula is C17H18ClFN2O4. The molecule has 2 amide bonds. The number of nitrogens with one attached hydrogen (secondary N) is 2. The van der Waals surface area contributed by atoms with E-state index >= 15 is 0 Å². The number of benzene rings is 2. The summed E-state index contributed by atoms with van der Waals surface area (Å²) in [7, 11) is 3.04. The highest BCUT2D eigenvalue weighted by atomic mass is 35.5. The van der Waals surface area contributed by atoms with Gasteiger partial charge in [-0.3, -0.25) is 0 Å². The summed E-state index contributed by atoms with van der Waals surface area (Å²) in [6.07, 6.45) is 0. The molecule has 0 aliphatic carbocycles. The lowest BCUT2D eigenvalue weighted by Crippen LogP contribution is -2.32. The van der Waals surface area contributed by atoms with Crippen LogP contribution in [-0.2, 0) is 0 Å². The van der Waals surface area contributed by atoms with Crippen LogP contribution in [0.25, 0.3) is 0 Å². The summed E-state index contributed by atoms with van der Waals surface area (Å²) in [5, 5.41) is 5.47. The van der Waals surface area contributed by atoms with E-state index in [1.165, 1.54) is 26.4 Å². The van der Waals surface area contributed by atoms with Crippen LogP contribution in [0.1, 0.15) is 0 Å². The van der Waals surface area contributed by atoms with E-state index in [-0.39, 0.29) is 18.2 Å². The van der Waals surface area contributed by atoms with Gasteiger partial charge in [-0.25, -0.2) is 9.18 Å². The highest BCUT2D eigenvalue weighted by Crippen LogP contribution is 2.28. The second-order valence-corrected chi connectivity index (χ2v) is 5.28. The Morgan fingerprint density at radius 2 is 1.88 bits per heavy atom. The number of methoxy groups -OCH3 is 2. The maximum absolute atomic E-state index is 12.9. The summed E-state index contributed by atoms with van der Waals surface area (Å²) in [4.78, 5) is 12.0. The Kier molecular flexibility index (Phi) is 6.71. The minimum Gasteiger partial charge on any atom is -0.497 e. The zero-order chi connectivity index (χ0) is 18.2. The molecule has 0 aliphatic rings. The number of rotatable bonds is 7. The number of ether oxygens (including phenoxy) is 3. The third-order valence-electron chi connectivity index (χ3n) is 3.19. The Morgan fingerprint density at radius 1 is 1.12 bits per heavy atom. The Labute approximate surface area is 149 Å². The molecule has 0 radical (unpaired) electrons. The van der Waals surface area contributed by atoms with Crippen molar-refractivity contribution < 1.29 is 23.4 Å². The van der Waals surface area contributed by atoms with Gasteiger partial charge >= 0.3 is 6.03 Å². The molecule has 0 heterocycles. The first kappa shape index (κ1) is 18.7. The SMILES string of the molecule is COc1ccc(OC)c(NC(=O)NCCOc2ccc(F)cc2Cl)c1. The number of hydrogen-bond acceptors (Lipinski definition) is 4. The van der Waals surface area contributed by atoms with Gasteiger partial charge in [-0.1, -0.05) is 11.6 Å². The van der Waals surface area contributed by atoms with Gasteiger partial charge in [0.05, 0.1) is 31.5 Å². The number of carbonyl (C=O) groups is 1. The fraction of sp³-hybridized carbons (Fsp3) is 0.235. The first-order chi connectivity index (χ1) is 12.0. The van der Waals surface area contributed by atoms with Crippen LogP contribution in [0.4, 0.5) is 14.9 Å². The van der Waals surface area contributed by atoms with Crippen molar-refractivity contribution in [3.05, 3.63) is 47.2 Å². The van der Waals surface area contributed by atoms with Crippen molar-refractivity contribution in [2.75, 3.05) is 32.7 Å². The lowest BCUT2D eigenvalue weighted by Gasteiger charge is -2.13. The fourth-order valence-corrected chi connectivity index (χ4v) is 2.22. The van der Waals surface area contributed by atoms with Gasteiger partial charge in [0.2, 0.25) is 0 Å². The maximum Gasteiger partial charge on any atom is 0.319 e. The molecule has 2 N–H and O–H groups in total. The Bertz CT molecular complexity index is 743. The molecule has 0 saturated heterocycles. The zero-order valence-electron chi connectivity index (χ0n) is 13.8. The lowest BCUT2D eigenvalue weighted by molar-refractivity contribution is 0.247. The van der Waals surface area contributed by atoms with Crippen molar-refractivity contribution in [3.63, 3.8) is 0 Å². The molecule has 0 spiro atoms. The van der Waals surface area contributed by atoms with Gasteiger partial charge < -0.3 is 24.8 Å². The molecule has 2 aromatic carbocycles. The summed E-state index contributed by atoms with van der Waals surface area (Å²) in [6, 6.07) is 8.46. The molecule has 0 unspecified atom stereocenters. The van der Waals surface area contributed by atoms with Gasteiger partial charge in [-0.05, 0) is 30.3 Å².